The van der Waals surface area contributed by atoms with Gasteiger partial charge in [-0.25, -0.2) is 4.98 Å². The van der Waals surface area contributed by atoms with Crippen molar-refractivity contribution < 1.29 is 19.4 Å². The lowest BCUT2D eigenvalue weighted by atomic mass is 10.1. The molecule has 4 heterocycles. The van der Waals surface area contributed by atoms with E-state index in [4.69, 9.17) is 14.3 Å². The maximum atomic E-state index is 10.7. The molecule has 3 fully saturated rings. The van der Waals surface area contributed by atoms with Gasteiger partial charge in [-0.05, 0) is 44.0 Å². The van der Waals surface area contributed by atoms with Crippen LogP contribution < -0.4 is 0 Å². The van der Waals surface area contributed by atoms with Crippen LogP contribution in [0.3, 0.4) is 0 Å². The molecule has 5 rings (SSSR count). The number of piperazine rings is 1. The molecule has 0 amide bonds. The standard InChI is InChI=1S/C22H31N5O5/c1-15-4-5-17-20(16(15)2)23-14-26(17)7-3-6-24-8-10-25(11-9-24)18-12-30-22-19(32-27(28)29)13-31-21(18)22/h4-5,14,18-19,21-22H,3,6-13H2,1-2H3/t18-,19-,21+,22+/m0/s1. The first-order chi connectivity index (χ1) is 15.5. The van der Waals surface area contributed by atoms with Crippen molar-refractivity contribution in [3.63, 3.8) is 0 Å². The third-order valence-electron chi connectivity index (χ3n) is 7.27. The summed E-state index contributed by atoms with van der Waals surface area (Å²) in [7, 11) is 0. The molecule has 3 saturated heterocycles. The van der Waals surface area contributed by atoms with Crippen molar-refractivity contribution in [3.8, 4) is 0 Å². The van der Waals surface area contributed by atoms with Gasteiger partial charge in [0, 0.05) is 32.7 Å². The fraction of sp³-hybridized carbons (Fsp3) is 0.682. The summed E-state index contributed by atoms with van der Waals surface area (Å²) in [5.74, 6) is 0. The molecule has 0 radical (unpaired) electrons. The van der Waals surface area contributed by atoms with Gasteiger partial charge in [0.2, 0.25) is 0 Å². The Labute approximate surface area is 187 Å². The van der Waals surface area contributed by atoms with Crippen LogP contribution in [0.4, 0.5) is 0 Å². The fourth-order valence-corrected chi connectivity index (χ4v) is 5.29. The van der Waals surface area contributed by atoms with Gasteiger partial charge in [0.15, 0.2) is 6.10 Å². The summed E-state index contributed by atoms with van der Waals surface area (Å²) < 4.78 is 13.9. The molecule has 0 saturated carbocycles. The number of imidazole rings is 1. The van der Waals surface area contributed by atoms with E-state index in [1.807, 2.05) is 6.33 Å². The van der Waals surface area contributed by atoms with Crippen molar-refractivity contribution in [2.45, 2.75) is 51.2 Å². The van der Waals surface area contributed by atoms with Gasteiger partial charge in [-0.1, -0.05) is 6.07 Å². The molecule has 32 heavy (non-hydrogen) atoms. The molecule has 10 nitrogen and oxygen atoms in total. The highest BCUT2D eigenvalue weighted by Crippen LogP contribution is 2.32. The van der Waals surface area contributed by atoms with Gasteiger partial charge in [0.25, 0.3) is 5.09 Å². The molecule has 0 N–H and O–H groups in total. The second-order valence-corrected chi connectivity index (χ2v) is 9.08. The molecule has 1 aromatic carbocycles. The summed E-state index contributed by atoms with van der Waals surface area (Å²) in [6.07, 6.45) is 1.93. The summed E-state index contributed by atoms with van der Waals surface area (Å²) in [6.45, 7) is 11.0. The minimum atomic E-state index is -0.749. The van der Waals surface area contributed by atoms with Gasteiger partial charge in [-0.3, -0.25) is 4.90 Å². The van der Waals surface area contributed by atoms with Crippen LogP contribution in [0.25, 0.3) is 11.0 Å². The molecule has 3 aliphatic heterocycles. The molecular formula is C22H31N5O5. The van der Waals surface area contributed by atoms with E-state index in [0.29, 0.717) is 6.61 Å². The fourth-order valence-electron chi connectivity index (χ4n) is 5.29. The average molecular weight is 446 g/mol. The number of hydrogen-bond acceptors (Lipinski definition) is 8. The normalized spacial score (nSPS) is 28.9. The molecule has 3 aliphatic rings. The molecule has 0 aliphatic carbocycles. The first-order valence-electron chi connectivity index (χ1n) is 11.4. The van der Waals surface area contributed by atoms with E-state index < -0.39 is 11.2 Å². The Morgan fingerprint density at radius 2 is 1.91 bits per heavy atom. The van der Waals surface area contributed by atoms with E-state index in [0.717, 1.165) is 51.2 Å². The number of ether oxygens (including phenoxy) is 2. The quantitative estimate of drug-likeness (QED) is 0.466. The van der Waals surface area contributed by atoms with Crippen LogP contribution >= 0.6 is 0 Å². The Kier molecular flexibility index (Phi) is 6.02. The lowest BCUT2D eigenvalue weighted by Gasteiger charge is -2.38. The molecule has 174 valence electrons. The predicted octanol–water partition coefficient (Wildman–Crippen LogP) is 1.40. The van der Waals surface area contributed by atoms with Crippen molar-refractivity contribution in [1.29, 1.82) is 0 Å². The van der Waals surface area contributed by atoms with Gasteiger partial charge in [0.05, 0.1) is 36.6 Å². The zero-order valence-electron chi connectivity index (χ0n) is 18.7. The van der Waals surface area contributed by atoms with E-state index in [1.54, 1.807) is 0 Å². The number of aromatic nitrogens is 2. The minimum absolute atomic E-state index is 0.145. The topological polar surface area (TPSA) is 95.1 Å². The Hall–Kier alpha value is -2.27. The summed E-state index contributed by atoms with van der Waals surface area (Å²) in [6, 6.07) is 4.49. The first kappa shape index (κ1) is 21.6. The van der Waals surface area contributed by atoms with Crippen LogP contribution in [0.2, 0.25) is 0 Å². The maximum absolute atomic E-state index is 10.7. The maximum Gasteiger partial charge on any atom is 0.294 e. The largest absolute Gasteiger partial charge is 0.371 e. The van der Waals surface area contributed by atoms with E-state index in [1.165, 1.54) is 16.6 Å². The van der Waals surface area contributed by atoms with Gasteiger partial charge in [0.1, 0.15) is 12.2 Å². The Morgan fingerprint density at radius 3 is 2.69 bits per heavy atom. The highest BCUT2D eigenvalue weighted by atomic mass is 17.0. The van der Waals surface area contributed by atoms with Crippen LogP contribution in [0.1, 0.15) is 17.5 Å². The number of hydrogen-bond donors (Lipinski definition) is 0. The molecule has 4 atom stereocenters. The number of nitrogens with zero attached hydrogens (tertiary/aromatic N) is 5. The van der Waals surface area contributed by atoms with Crippen LogP contribution in [0, 0.1) is 24.0 Å². The zero-order valence-corrected chi connectivity index (χ0v) is 18.7. The Balaban J connectivity index is 1.09. The molecule has 0 spiro atoms. The van der Waals surface area contributed by atoms with Gasteiger partial charge in [-0.15, -0.1) is 10.1 Å². The molecule has 0 bridgehead atoms. The van der Waals surface area contributed by atoms with Gasteiger partial charge < -0.3 is 23.8 Å². The second kappa shape index (κ2) is 8.93. The van der Waals surface area contributed by atoms with Crippen molar-refractivity contribution in [3.05, 3.63) is 39.7 Å². The number of fused-ring (bicyclic) bond motifs is 2. The van der Waals surface area contributed by atoms with Crippen molar-refractivity contribution >= 4 is 11.0 Å². The Morgan fingerprint density at radius 1 is 1.12 bits per heavy atom. The van der Waals surface area contributed by atoms with E-state index in [9.17, 15) is 10.1 Å². The molecular weight excluding hydrogens is 414 g/mol. The lowest BCUT2D eigenvalue weighted by molar-refractivity contribution is -0.769. The highest BCUT2D eigenvalue weighted by Gasteiger charge is 2.51. The first-order valence-corrected chi connectivity index (χ1v) is 11.4. The summed E-state index contributed by atoms with van der Waals surface area (Å²) >= 11 is 0. The van der Waals surface area contributed by atoms with Crippen molar-refractivity contribution in [1.82, 2.24) is 19.4 Å². The monoisotopic (exact) mass is 445 g/mol. The van der Waals surface area contributed by atoms with Gasteiger partial charge in [-0.2, -0.15) is 0 Å². The SMILES string of the molecule is Cc1ccc2c(ncn2CCCN2CCN([C@H]3CO[C@H]4[C@@H]3OC[C@@H]4O[N+](=O)[O-])CC2)c1C. The van der Waals surface area contributed by atoms with Crippen LogP contribution in [-0.2, 0) is 20.9 Å². The molecule has 2 aromatic rings. The van der Waals surface area contributed by atoms with E-state index in [2.05, 4.69) is 45.3 Å². The van der Waals surface area contributed by atoms with Crippen LogP contribution in [0.15, 0.2) is 18.5 Å². The Bertz CT molecular complexity index is 973. The number of rotatable bonds is 7. The highest BCUT2D eigenvalue weighted by molar-refractivity contribution is 5.80. The second-order valence-electron chi connectivity index (χ2n) is 9.08. The molecule has 0 unspecified atom stereocenters. The van der Waals surface area contributed by atoms with Crippen LogP contribution in [0.5, 0.6) is 0 Å². The van der Waals surface area contributed by atoms with Gasteiger partial charge >= 0.3 is 0 Å². The van der Waals surface area contributed by atoms with Crippen molar-refractivity contribution in [2.75, 3.05) is 45.9 Å². The summed E-state index contributed by atoms with van der Waals surface area (Å²) in [5, 5.41) is 9.92. The smallest absolute Gasteiger partial charge is 0.294 e. The predicted molar refractivity (Wildman–Crippen MR) is 117 cm³/mol. The van der Waals surface area contributed by atoms with E-state index in [-0.39, 0.29) is 24.9 Å². The summed E-state index contributed by atoms with van der Waals surface area (Å²) in [5.41, 5.74) is 4.86. The third kappa shape index (κ3) is 4.07. The average Bonchev–Trinajstić information content (AvgIpc) is 3.48. The van der Waals surface area contributed by atoms with Crippen molar-refractivity contribution in [2.24, 2.45) is 0 Å². The number of benzene rings is 1. The van der Waals surface area contributed by atoms with Crippen LogP contribution in [-0.4, -0.2) is 94.7 Å². The zero-order chi connectivity index (χ0) is 22.2. The molecule has 1 aromatic heterocycles. The number of aryl methyl sites for hydroxylation is 3. The minimum Gasteiger partial charge on any atom is -0.371 e. The lowest BCUT2D eigenvalue weighted by Crippen LogP contribution is -2.54. The molecule has 10 heteroatoms. The third-order valence-corrected chi connectivity index (χ3v) is 7.27. The van der Waals surface area contributed by atoms with E-state index >= 15 is 0 Å². The summed E-state index contributed by atoms with van der Waals surface area (Å²) in [4.78, 5) is 24.9.